The molecule has 0 aliphatic rings. The maximum Gasteiger partial charge on any atom is 0.261 e. The normalized spacial score (nSPS) is 12.4. The van der Waals surface area contributed by atoms with E-state index < -0.39 is 6.10 Å². The topological polar surface area (TPSA) is 62.1 Å². The predicted octanol–water partition coefficient (Wildman–Crippen LogP) is 2.24. The SMILES string of the molecule is CC(Oc1cccc(C#N)c1)C(=O)NC(C)(C)C. The number of benzene rings is 1. The average molecular weight is 246 g/mol. The van der Waals surface area contributed by atoms with Gasteiger partial charge in [-0.05, 0) is 45.9 Å². The number of nitriles is 1. The highest BCUT2D eigenvalue weighted by Gasteiger charge is 2.20. The number of carbonyl (C=O) groups is 1. The van der Waals surface area contributed by atoms with E-state index in [0.717, 1.165) is 0 Å². The Morgan fingerprint density at radius 3 is 2.67 bits per heavy atom. The second kappa shape index (κ2) is 5.54. The highest BCUT2D eigenvalue weighted by Crippen LogP contribution is 2.14. The summed E-state index contributed by atoms with van der Waals surface area (Å²) in [4.78, 5) is 11.8. The van der Waals surface area contributed by atoms with Crippen molar-refractivity contribution >= 4 is 5.91 Å². The van der Waals surface area contributed by atoms with E-state index in [1.807, 2.05) is 26.8 Å². The predicted molar refractivity (Wildman–Crippen MR) is 69.1 cm³/mol. The molecule has 0 fully saturated rings. The summed E-state index contributed by atoms with van der Waals surface area (Å²) in [5, 5.41) is 11.6. The van der Waals surface area contributed by atoms with Gasteiger partial charge in [0, 0.05) is 5.54 Å². The highest BCUT2D eigenvalue weighted by atomic mass is 16.5. The first-order valence-electron chi connectivity index (χ1n) is 5.80. The molecule has 0 spiro atoms. The number of amides is 1. The summed E-state index contributed by atoms with van der Waals surface area (Å²) in [7, 11) is 0. The van der Waals surface area contributed by atoms with Crippen molar-refractivity contribution in [3.8, 4) is 11.8 Å². The minimum absolute atomic E-state index is 0.176. The van der Waals surface area contributed by atoms with Gasteiger partial charge in [0.1, 0.15) is 5.75 Å². The molecule has 0 aliphatic heterocycles. The van der Waals surface area contributed by atoms with E-state index in [-0.39, 0.29) is 11.4 Å². The molecule has 1 aromatic carbocycles. The average Bonchev–Trinajstić information content (AvgIpc) is 2.27. The zero-order valence-electron chi connectivity index (χ0n) is 11.2. The van der Waals surface area contributed by atoms with E-state index in [2.05, 4.69) is 5.32 Å². The van der Waals surface area contributed by atoms with Gasteiger partial charge >= 0.3 is 0 Å². The molecule has 0 radical (unpaired) electrons. The van der Waals surface area contributed by atoms with Crippen LogP contribution in [0.1, 0.15) is 33.3 Å². The monoisotopic (exact) mass is 246 g/mol. The molecule has 0 saturated carbocycles. The summed E-state index contributed by atoms with van der Waals surface area (Å²) in [6.07, 6.45) is -0.599. The number of ether oxygens (including phenoxy) is 1. The van der Waals surface area contributed by atoms with Gasteiger partial charge in [0.05, 0.1) is 11.6 Å². The van der Waals surface area contributed by atoms with Crippen LogP contribution in [0.3, 0.4) is 0 Å². The minimum atomic E-state index is -0.599. The highest BCUT2D eigenvalue weighted by molar-refractivity contribution is 5.81. The fourth-order valence-electron chi connectivity index (χ4n) is 1.37. The maximum absolute atomic E-state index is 11.8. The van der Waals surface area contributed by atoms with Gasteiger partial charge in [0.15, 0.2) is 6.10 Å². The summed E-state index contributed by atoms with van der Waals surface area (Å²) in [5.74, 6) is 0.343. The maximum atomic E-state index is 11.8. The van der Waals surface area contributed by atoms with E-state index >= 15 is 0 Å². The molecule has 18 heavy (non-hydrogen) atoms. The van der Waals surface area contributed by atoms with Crippen molar-refractivity contribution in [1.82, 2.24) is 5.32 Å². The summed E-state index contributed by atoms with van der Waals surface area (Å²) < 4.78 is 5.50. The lowest BCUT2D eigenvalue weighted by Gasteiger charge is -2.23. The van der Waals surface area contributed by atoms with E-state index in [1.54, 1.807) is 31.2 Å². The second-order valence-corrected chi connectivity index (χ2v) is 5.14. The zero-order chi connectivity index (χ0) is 13.8. The van der Waals surface area contributed by atoms with Crippen LogP contribution in [0.5, 0.6) is 5.75 Å². The van der Waals surface area contributed by atoms with Crippen LogP contribution in [-0.2, 0) is 4.79 Å². The van der Waals surface area contributed by atoms with Crippen LogP contribution in [-0.4, -0.2) is 17.6 Å². The molecule has 1 aromatic rings. The van der Waals surface area contributed by atoms with Crippen molar-refractivity contribution in [3.05, 3.63) is 29.8 Å². The van der Waals surface area contributed by atoms with Crippen LogP contribution >= 0.6 is 0 Å². The molecule has 0 bridgehead atoms. The number of carbonyl (C=O) groups excluding carboxylic acids is 1. The van der Waals surface area contributed by atoms with Crippen molar-refractivity contribution in [2.75, 3.05) is 0 Å². The molecular weight excluding hydrogens is 228 g/mol. The number of hydrogen-bond donors (Lipinski definition) is 1. The van der Waals surface area contributed by atoms with Crippen LogP contribution in [0.25, 0.3) is 0 Å². The Kier molecular flexibility index (Phi) is 4.33. The lowest BCUT2D eigenvalue weighted by molar-refractivity contribution is -0.128. The number of nitrogens with one attached hydrogen (secondary N) is 1. The van der Waals surface area contributed by atoms with Crippen LogP contribution in [0.4, 0.5) is 0 Å². The standard InChI is InChI=1S/C14H18N2O2/c1-10(13(17)16-14(2,3)4)18-12-7-5-6-11(8-12)9-15/h5-8,10H,1-4H3,(H,16,17). The quantitative estimate of drug-likeness (QED) is 0.889. The van der Waals surface area contributed by atoms with Gasteiger partial charge in [-0.25, -0.2) is 0 Å². The van der Waals surface area contributed by atoms with Crippen molar-refractivity contribution in [3.63, 3.8) is 0 Å². The summed E-state index contributed by atoms with van der Waals surface area (Å²) >= 11 is 0. The molecule has 0 aliphatic carbocycles. The van der Waals surface area contributed by atoms with E-state index in [4.69, 9.17) is 10.00 Å². The molecule has 1 N–H and O–H groups in total. The van der Waals surface area contributed by atoms with E-state index in [1.165, 1.54) is 0 Å². The fraction of sp³-hybridized carbons (Fsp3) is 0.429. The molecule has 0 heterocycles. The van der Waals surface area contributed by atoms with Crippen LogP contribution in [0, 0.1) is 11.3 Å². The van der Waals surface area contributed by atoms with Crippen molar-refractivity contribution in [1.29, 1.82) is 5.26 Å². The Morgan fingerprint density at radius 1 is 1.44 bits per heavy atom. The van der Waals surface area contributed by atoms with Crippen LogP contribution in [0.2, 0.25) is 0 Å². The Balaban J connectivity index is 2.67. The van der Waals surface area contributed by atoms with Gasteiger partial charge in [0.25, 0.3) is 5.91 Å². The Labute approximate surface area is 108 Å². The zero-order valence-corrected chi connectivity index (χ0v) is 11.2. The first-order valence-corrected chi connectivity index (χ1v) is 5.80. The van der Waals surface area contributed by atoms with Crippen molar-refractivity contribution in [2.24, 2.45) is 0 Å². The summed E-state index contributed by atoms with van der Waals surface area (Å²) in [6, 6.07) is 8.78. The molecule has 4 heteroatoms. The third kappa shape index (κ3) is 4.46. The molecule has 1 amide bonds. The van der Waals surface area contributed by atoms with Crippen LogP contribution < -0.4 is 10.1 Å². The van der Waals surface area contributed by atoms with E-state index in [9.17, 15) is 4.79 Å². The lowest BCUT2D eigenvalue weighted by Crippen LogP contribution is -2.46. The Hall–Kier alpha value is -2.02. The van der Waals surface area contributed by atoms with Gasteiger partial charge in [-0.15, -0.1) is 0 Å². The van der Waals surface area contributed by atoms with Gasteiger partial charge < -0.3 is 10.1 Å². The largest absolute Gasteiger partial charge is 0.481 e. The van der Waals surface area contributed by atoms with Gasteiger partial charge in [-0.2, -0.15) is 5.26 Å². The number of rotatable bonds is 3. The number of hydrogen-bond acceptors (Lipinski definition) is 3. The lowest BCUT2D eigenvalue weighted by atomic mass is 10.1. The molecule has 1 unspecified atom stereocenters. The fourth-order valence-corrected chi connectivity index (χ4v) is 1.37. The first kappa shape index (κ1) is 14.0. The van der Waals surface area contributed by atoms with Gasteiger partial charge in [-0.3, -0.25) is 4.79 Å². The third-order valence-corrected chi connectivity index (χ3v) is 2.14. The Bertz CT molecular complexity index is 469. The van der Waals surface area contributed by atoms with Gasteiger partial charge in [0.2, 0.25) is 0 Å². The Morgan fingerprint density at radius 2 is 2.11 bits per heavy atom. The van der Waals surface area contributed by atoms with Gasteiger partial charge in [-0.1, -0.05) is 6.07 Å². The number of nitrogens with zero attached hydrogens (tertiary/aromatic N) is 1. The van der Waals surface area contributed by atoms with Crippen molar-refractivity contribution in [2.45, 2.75) is 39.3 Å². The van der Waals surface area contributed by atoms with Crippen molar-refractivity contribution < 1.29 is 9.53 Å². The first-order chi connectivity index (χ1) is 8.31. The minimum Gasteiger partial charge on any atom is -0.481 e. The molecule has 0 aromatic heterocycles. The molecule has 96 valence electrons. The second-order valence-electron chi connectivity index (χ2n) is 5.14. The van der Waals surface area contributed by atoms with Crippen LogP contribution in [0.15, 0.2) is 24.3 Å². The smallest absolute Gasteiger partial charge is 0.261 e. The summed E-state index contributed by atoms with van der Waals surface area (Å²) in [6.45, 7) is 7.41. The third-order valence-electron chi connectivity index (χ3n) is 2.14. The summed E-state index contributed by atoms with van der Waals surface area (Å²) in [5.41, 5.74) is 0.222. The molecule has 0 saturated heterocycles. The molecule has 1 rings (SSSR count). The molecule has 1 atom stereocenters. The molecule has 4 nitrogen and oxygen atoms in total. The van der Waals surface area contributed by atoms with E-state index in [0.29, 0.717) is 11.3 Å². The molecular formula is C14H18N2O2.